The predicted molar refractivity (Wildman–Crippen MR) is 115 cm³/mol. The molecule has 0 amide bonds. The van der Waals surface area contributed by atoms with Crippen molar-refractivity contribution in [2.45, 2.75) is 19.6 Å². The number of hydrogen-bond acceptors (Lipinski definition) is 8. The second-order valence-electron chi connectivity index (χ2n) is 5.96. The highest BCUT2D eigenvalue weighted by atomic mass is 32.2. The highest BCUT2D eigenvalue weighted by Gasteiger charge is 2.23. The quantitative estimate of drug-likeness (QED) is 0.396. The number of thioether (sulfide) groups is 2. The van der Waals surface area contributed by atoms with E-state index in [1.165, 1.54) is 37.7 Å². The van der Waals surface area contributed by atoms with Gasteiger partial charge < -0.3 is 9.47 Å². The Morgan fingerprint density at radius 1 is 1.03 bits per heavy atom. The standard InChI is InChI=1S/C21H17NO5S2/c1-13(23)26-18-9-8-16(11-19(18)27-14(2)24)10-17-20(25)29-21(22-17)28-12-15-6-4-3-5-7-15/h3-11H,12H2,1-2H3. The van der Waals surface area contributed by atoms with Gasteiger partial charge in [0.25, 0.3) is 0 Å². The molecular weight excluding hydrogens is 410 g/mol. The summed E-state index contributed by atoms with van der Waals surface area (Å²) in [4.78, 5) is 39.2. The van der Waals surface area contributed by atoms with E-state index in [1.54, 1.807) is 12.1 Å². The van der Waals surface area contributed by atoms with Crippen LogP contribution in [0.4, 0.5) is 0 Å². The molecule has 0 radical (unpaired) electrons. The van der Waals surface area contributed by atoms with Gasteiger partial charge in [-0.15, -0.1) is 0 Å². The van der Waals surface area contributed by atoms with Crippen molar-refractivity contribution in [1.29, 1.82) is 0 Å². The minimum atomic E-state index is -0.548. The van der Waals surface area contributed by atoms with E-state index in [2.05, 4.69) is 4.99 Å². The van der Waals surface area contributed by atoms with Crippen LogP contribution in [0.5, 0.6) is 11.5 Å². The SMILES string of the molecule is CC(=O)Oc1ccc(C=C2N=C(SCc3ccccc3)SC2=O)cc1OC(C)=O. The van der Waals surface area contributed by atoms with Crippen LogP contribution < -0.4 is 9.47 Å². The van der Waals surface area contributed by atoms with Gasteiger partial charge in [0.2, 0.25) is 5.12 Å². The molecule has 8 heteroatoms. The van der Waals surface area contributed by atoms with Crippen LogP contribution in [0.3, 0.4) is 0 Å². The Morgan fingerprint density at radius 2 is 1.72 bits per heavy atom. The molecule has 2 aromatic rings. The van der Waals surface area contributed by atoms with Gasteiger partial charge in [-0.05, 0) is 41.1 Å². The third kappa shape index (κ3) is 6.07. The zero-order chi connectivity index (χ0) is 20.8. The fourth-order valence-electron chi connectivity index (χ4n) is 2.42. The summed E-state index contributed by atoms with van der Waals surface area (Å²) in [5.74, 6) is -0.127. The predicted octanol–water partition coefficient (Wildman–Crippen LogP) is 4.44. The molecule has 0 aliphatic carbocycles. The average molecular weight is 428 g/mol. The van der Waals surface area contributed by atoms with Crippen LogP contribution >= 0.6 is 23.5 Å². The maximum Gasteiger partial charge on any atom is 0.308 e. The number of carbonyl (C=O) groups is 3. The molecule has 0 saturated heterocycles. The van der Waals surface area contributed by atoms with Crippen LogP contribution in [0.2, 0.25) is 0 Å². The summed E-state index contributed by atoms with van der Waals surface area (Å²) in [7, 11) is 0. The monoisotopic (exact) mass is 427 g/mol. The molecule has 0 saturated carbocycles. The van der Waals surface area contributed by atoms with E-state index in [4.69, 9.17) is 9.47 Å². The Kier molecular flexibility index (Phi) is 6.90. The summed E-state index contributed by atoms with van der Waals surface area (Å²) >= 11 is 2.59. The first kappa shape index (κ1) is 20.9. The summed E-state index contributed by atoms with van der Waals surface area (Å²) in [6, 6.07) is 14.6. The molecule has 3 rings (SSSR count). The number of benzene rings is 2. The van der Waals surface area contributed by atoms with Crippen LogP contribution in [0, 0.1) is 0 Å². The number of nitrogens with zero attached hydrogens (tertiary/aromatic N) is 1. The smallest absolute Gasteiger partial charge is 0.308 e. The highest BCUT2D eigenvalue weighted by Crippen LogP contribution is 2.34. The van der Waals surface area contributed by atoms with E-state index in [1.807, 2.05) is 30.3 Å². The molecule has 6 nitrogen and oxygen atoms in total. The molecule has 0 atom stereocenters. The van der Waals surface area contributed by atoms with Gasteiger partial charge in [0.1, 0.15) is 10.1 Å². The maximum atomic E-state index is 12.3. The van der Waals surface area contributed by atoms with Crippen LogP contribution in [0.25, 0.3) is 6.08 Å². The Morgan fingerprint density at radius 3 is 2.41 bits per heavy atom. The van der Waals surface area contributed by atoms with Crippen LogP contribution in [0.15, 0.2) is 59.2 Å². The lowest BCUT2D eigenvalue weighted by atomic mass is 10.1. The van der Waals surface area contributed by atoms with Crippen molar-refractivity contribution < 1.29 is 23.9 Å². The molecule has 0 N–H and O–H groups in total. The molecule has 29 heavy (non-hydrogen) atoms. The van der Waals surface area contributed by atoms with Crippen molar-refractivity contribution in [3.8, 4) is 11.5 Å². The van der Waals surface area contributed by atoms with Crippen molar-refractivity contribution in [2.75, 3.05) is 0 Å². The maximum absolute atomic E-state index is 12.3. The minimum Gasteiger partial charge on any atom is -0.423 e. The van der Waals surface area contributed by atoms with Gasteiger partial charge in [-0.3, -0.25) is 14.4 Å². The number of aliphatic imine (C=N–C) groups is 1. The van der Waals surface area contributed by atoms with Crippen molar-refractivity contribution in [2.24, 2.45) is 4.99 Å². The van der Waals surface area contributed by atoms with E-state index >= 15 is 0 Å². The zero-order valence-corrected chi connectivity index (χ0v) is 17.3. The first-order chi connectivity index (χ1) is 13.9. The molecule has 0 fully saturated rings. The Balaban J connectivity index is 1.78. The van der Waals surface area contributed by atoms with Gasteiger partial charge in [-0.2, -0.15) is 0 Å². The zero-order valence-electron chi connectivity index (χ0n) is 15.7. The number of hydrogen-bond donors (Lipinski definition) is 0. The van der Waals surface area contributed by atoms with E-state index in [9.17, 15) is 14.4 Å². The van der Waals surface area contributed by atoms with E-state index in [-0.39, 0.29) is 16.6 Å². The van der Waals surface area contributed by atoms with Gasteiger partial charge in [-0.1, -0.05) is 48.2 Å². The second kappa shape index (κ2) is 9.58. The number of ether oxygens (including phenoxy) is 2. The normalized spacial score (nSPS) is 14.6. The summed E-state index contributed by atoms with van der Waals surface area (Å²) < 4.78 is 10.8. The Hall–Kier alpha value is -2.84. The fourth-order valence-corrected chi connectivity index (χ4v) is 4.21. The molecule has 1 aliphatic heterocycles. The molecule has 0 unspecified atom stereocenters. The third-order valence-electron chi connectivity index (χ3n) is 3.58. The molecule has 0 spiro atoms. The second-order valence-corrected chi connectivity index (χ2v) is 8.15. The van der Waals surface area contributed by atoms with Crippen LogP contribution in [-0.2, 0) is 20.1 Å². The summed E-state index contributed by atoms with van der Waals surface area (Å²) in [6.07, 6.45) is 1.61. The lowest BCUT2D eigenvalue weighted by Gasteiger charge is -2.09. The number of carbonyl (C=O) groups excluding carboxylic acids is 3. The topological polar surface area (TPSA) is 82.0 Å². The molecule has 2 aromatic carbocycles. The third-order valence-corrected chi connectivity index (χ3v) is 5.66. The van der Waals surface area contributed by atoms with E-state index < -0.39 is 11.9 Å². The summed E-state index contributed by atoms with van der Waals surface area (Å²) in [6.45, 7) is 2.51. The van der Waals surface area contributed by atoms with Gasteiger partial charge in [0.15, 0.2) is 11.5 Å². The summed E-state index contributed by atoms with van der Waals surface area (Å²) in [5, 5.41) is -0.154. The largest absolute Gasteiger partial charge is 0.423 e. The molecule has 1 heterocycles. The van der Waals surface area contributed by atoms with Gasteiger partial charge >= 0.3 is 11.9 Å². The molecule has 0 aromatic heterocycles. The molecule has 0 bridgehead atoms. The van der Waals surface area contributed by atoms with Gasteiger partial charge in [0, 0.05) is 19.6 Å². The van der Waals surface area contributed by atoms with E-state index in [0.717, 1.165) is 23.1 Å². The average Bonchev–Trinajstić information content (AvgIpc) is 3.02. The van der Waals surface area contributed by atoms with Gasteiger partial charge in [-0.25, -0.2) is 4.99 Å². The van der Waals surface area contributed by atoms with Crippen molar-refractivity contribution >= 4 is 51.0 Å². The van der Waals surface area contributed by atoms with Crippen LogP contribution in [0.1, 0.15) is 25.0 Å². The lowest BCUT2D eigenvalue weighted by Crippen LogP contribution is -2.07. The first-order valence-corrected chi connectivity index (χ1v) is 10.4. The van der Waals surface area contributed by atoms with Crippen molar-refractivity contribution in [3.63, 3.8) is 0 Å². The number of rotatable bonds is 5. The molecule has 148 valence electrons. The van der Waals surface area contributed by atoms with Crippen molar-refractivity contribution in [3.05, 3.63) is 65.4 Å². The van der Waals surface area contributed by atoms with E-state index in [0.29, 0.717) is 15.6 Å². The minimum absolute atomic E-state index is 0.0998. The first-order valence-electron chi connectivity index (χ1n) is 8.61. The molecule has 1 aliphatic rings. The van der Waals surface area contributed by atoms with Gasteiger partial charge in [0.05, 0.1) is 0 Å². The Labute approximate surface area is 176 Å². The lowest BCUT2D eigenvalue weighted by molar-refractivity contribution is -0.134. The highest BCUT2D eigenvalue weighted by molar-refractivity contribution is 8.45. The Bertz CT molecular complexity index is 1010. The number of esters is 2. The van der Waals surface area contributed by atoms with Crippen molar-refractivity contribution in [1.82, 2.24) is 0 Å². The van der Waals surface area contributed by atoms with Crippen LogP contribution in [-0.4, -0.2) is 21.4 Å². The fraction of sp³-hybridized carbons (Fsp3) is 0.143. The molecular formula is C21H17NO5S2. The summed E-state index contributed by atoms with van der Waals surface area (Å²) in [5.41, 5.74) is 2.05.